The van der Waals surface area contributed by atoms with Crippen LogP contribution in [-0.2, 0) is 4.79 Å². The van der Waals surface area contributed by atoms with E-state index < -0.39 is 19.0 Å². The molecule has 1 fully saturated rings. The molecule has 0 heterocycles. The normalized spacial score (nSPS) is 18.8. The molecule has 1 unspecified atom stereocenters. The minimum absolute atomic E-state index is 0.192. The Morgan fingerprint density at radius 2 is 2.15 bits per heavy atom. The predicted octanol–water partition coefficient (Wildman–Crippen LogP) is 0.508. The van der Waals surface area contributed by atoms with Gasteiger partial charge in [-0.25, -0.2) is 8.78 Å². The molecule has 0 aromatic heterocycles. The highest BCUT2D eigenvalue weighted by Gasteiger charge is 2.25. The van der Waals surface area contributed by atoms with E-state index in [1.54, 1.807) is 6.92 Å². The third-order valence-corrected chi connectivity index (χ3v) is 1.90. The molecule has 76 valence electrons. The van der Waals surface area contributed by atoms with Crippen LogP contribution in [0.5, 0.6) is 0 Å². The van der Waals surface area contributed by atoms with Crippen LogP contribution >= 0.6 is 0 Å². The van der Waals surface area contributed by atoms with E-state index in [1.807, 2.05) is 0 Å². The summed E-state index contributed by atoms with van der Waals surface area (Å²) in [7, 11) is 0. The lowest BCUT2D eigenvalue weighted by atomic mass is 10.3. The van der Waals surface area contributed by atoms with E-state index in [2.05, 4.69) is 10.6 Å². The van der Waals surface area contributed by atoms with Crippen LogP contribution in [0.25, 0.3) is 0 Å². The number of halogens is 2. The number of nitrogens with one attached hydrogen (secondary N) is 2. The molecule has 1 saturated carbocycles. The largest absolute Gasteiger partial charge is 0.352 e. The first-order valence-corrected chi connectivity index (χ1v) is 4.41. The summed E-state index contributed by atoms with van der Waals surface area (Å²) in [5.74, 6) is -0.192. The van der Waals surface area contributed by atoms with Gasteiger partial charge in [0.1, 0.15) is 0 Å². The third-order valence-electron chi connectivity index (χ3n) is 1.90. The summed E-state index contributed by atoms with van der Waals surface area (Å²) in [5.41, 5.74) is 0. The number of alkyl halides is 2. The van der Waals surface area contributed by atoms with Gasteiger partial charge in [-0.1, -0.05) is 0 Å². The molecular weight excluding hydrogens is 178 g/mol. The average molecular weight is 192 g/mol. The Bertz CT molecular complexity index is 183. The van der Waals surface area contributed by atoms with E-state index in [1.165, 1.54) is 0 Å². The molecule has 0 bridgehead atoms. The van der Waals surface area contributed by atoms with E-state index >= 15 is 0 Å². The van der Waals surface area contributed by atoms with Crippen molar-refractivity contribution >= 4 is 5.91 Å². The van der Waals surface area contributed by atoms with Gasteiger partial charge in [0.15, 0.2) is 0 Å². The van der Waals surface area contributed by atoms with Crippen molar-refractivity contribution in [3.05, 3.63) is 0 Å². The van der Waals surface area contributed by atoms with Crippen molar-refractivity contribution in [2.24, 2.45) is 0 Å². The Kier molecular flexibility index (Phi) is 3.59. The summed E-state index contributed by atoms with van der Waals surface area (Å²) in [6.45, 7) is 1.15. The van der Waals surface area contributed by atoms with Gasteiger partial charge in [0.05, 0.1) is 12.6 Å². The summed E-state index contributed by atoms with van der Waals surface area (Å²) in [5, 5.41) is 5.18. The maximum absolute atomic E-state index is 11.7. The number of carbonyl (C=O) groups is 1. The molecule has 0 radical (unpaired) electrons. The highest BCUT2D eigenvalue weighted by atomic mass is 19.3. The van der Waals surface area contributed by atoms with E-state index in [0.717, 1.165) is 12.8 Å². The molecule has 1 amide bonds. The predicted molar refractivity (Wildman–Crippen MR) is 44.6 cm³/mol. The minimum Gasteiger partial charge on any atom is -0.352 e. The highest BCUT2D eigenvalue weighted by molar-refractivity contribution is 5.81. The first kappa shape index (κ1) is 10.4. The maximum atomic E-state index is 11.7. The number of rotatable bonds is 5. The van der Waals surface area contributed by atoms with E-state index in [-0.39, 0.29) is 11.9 Å². The van der Waals surface area contributed by atoms with Crippen LogP contribution < -0.4 is 10.6 Å². The maximum Gasteiger partial charge on any atom is 0.250 e. The van der Waals surface area contributed by atoms with Gasteiger partial charge in [0.2, 0.25) is 5.91 Å². The molecule has 0 saturated heterocycles. The molecule has 2 N–H and O–H groups in total. The molecular formula is C8H14F2N2O. The monoisotopic (exact) mass is 192 g/mol. The van der Waals surface area contributed by atoms with Crippen LogP contribution in [0.2, 0.25) is 0 Å². The van der Waals surface area contributed by atoms with Crippen LogP contribution in [0.3, 0.4) is 0 Å². The zero-order valence-corrected chi connectivity index (χ0v) is 7.52. The van der Waals surface area contributed by atoms with Crippen LogP contribution in [0.4, 0.5) is 8.78 Å². The first-order chi connectivity index (χ1) is 6.09. The van der Waals surface area contributed by atoms with Gasteiger partial charge < -0.3 is 10.6 Å². The van der Waals surface area contributed by atoms with E-state index in [9.17, 15) is 13.6 Å². The van der Waals surface area contributed by atoms with E-state index in [0.29, 0.717) is 0 Å². The van der Waals surface area contributed by atoms with Crippen molar-refractivity contribution in [3.8, 4) is 0 Å². The fourth-order valence-electron chi connectivity index (χ4n) is 0.912. The summed E-state index contributed by atoms with van der Waals surface area (Å²) < 4.78 is 23.5. The van der Waals surface area contributed by atoms with Crippen LogP contribution in [0, 0.1) is 0 Å². The molecule has 13 heavy (non-hydrogen) atoms. The molecule has 1 rings (SSSR count). The Morgan fingerprint density at radius 3 is 2.62 bits per heavy atom. The van der Waals surface area contributed by atoms with Crippen LogP contribution in [0.1, 0.15) is 19.8 Å². The second-order valence-corrected chi connectivity index (χ2v) is 3.30. The smallest absolute Gasteiger partial charge is 0.250 e. The molecule has 1 aliphatic carbocycles. The van der Waals surface area contributed by atoms with Crippen molar-refractivity contribution < 1.29 is 13.6 Å². The van der Waals surface area contributed by atoms with Crippen molar-refractivity contribution in [2.45, 2.75) is 38.3 Å². The lowest BCUT2D eigenvalue weighted by Crippen LogP contribution is -2.44. The molecule has 3 nitrogen and oxygen atoms in total. The fourth-order valence-corrected chi connectivity index (χ4v) is 0.912. The third kappa shape index (κ3) is 4.17. The number of amides is 1. The average Bonchev–Trinajstić information content (AvgIpc) is 2.83. The lowest BCUT2D eigenvalue weighted by Gasteiger charge is -2.12. The van der Waals surface area contributed by atoms with Gasteiger partial charge in [-0.2, -0.15) is 0 Å². The van der Waals surface area contributed by atoms with Gasteiger partial charge >= 0.3 is 0 Å². The SMILES string of the molecule is CC(NCC(F)F)C(=O)NC1CC1. The Balaban J connectivity index is 2.12. The Morgan fingerprint density at radius 1 is 1.54 bits per heavy atom. The Labute approximate surface area is 75.9 Å². The minimum atomic E-state index is -2.41. The molecule has 1 aliphatic rings. The van der Waals surface area contributed by atoms with Crippen molar-refractivity contribution in [3.63, 3.8) is 0 Å². The zero-order valence-electron chi connectivity index (χ0n) is 7.52. The molecule has 0 aromatic carbocycles. The molecule has 5 heteroatoms. The quantitative estimate of drug-likeness (QED) is 0.666. The second-order valence-electron chi connectivity index (χ2n) is 3.30. The first-order valence-electron chi connectivity index (χ1n) is 4.41. The van der Waals surface area contributed by atoms with Gasteiger partial charge in [-0.05, 0) is 19.8 Å². The van der Waals surface area contributed by atoms with Gasteiger partial charge in [0, 0.05) is 6.04 Å². The topological polar surface area (TPSA) is 41.1 Å². The highest BCUT2D eigenvalue weighted by Crippen LogP contribution is 2.18. The fraction of sp³-hybridized carbons (Fsp3) is 0.875. The molecule has 0 aromatic rings. The molecule has 0 aliphatic heterocycles. The molecule has 0 spiro atoms. The van der Waals surface area contributed by atoms with Crippen LogP contribution in [-0.4, -0.2) is 31.0 Å². The van der Waals surface area contributed by atoms with E-state index in [4.69, 9.17) is 0 Å². The van der Waals surface area contributed by atoms with Gasteiger partial charge in [0.25, 0.3) is 6.43 Å². The van der Waals surface area contributed by atoms with Gasteiger partial charge in [-0.15, -0.1) is 0 Å². The number of hydrogen-bond donors (Lipinski definition) is 2. The number of hydrogen-bond acceptors (Lipinski definition) is 2. The summed E-state index contributed by atoms with van der Waals surface area (Å²) in [6.07, 6.45) is -0.392. The lowest BCUT2D eigenvalue weighted by molar-refractivity contribution is -0.123. The summed E-state index contributed by atoms with van der Waals surface area (Å²) >= 11 is 0. The Hall–Kier alpha value is -0.710. The van der Waals surface area contributed by atoms with Crippen molar-refractivity contribution in [1.82, 2.24) is 10.6 Å². The summed E-state index contributed by atoms with van der Waals surface area (Å²) in [4.78, 5) is 11.2. The standard InChI is InChI=1S/C8H14F2N2O/c1-5(11-4-7(9)10)8(13)12-6-2-3-6/h5-7,11H,2-4H2,1H3,(H,12,13). The van der Waals surface area contributed by atoms with Crippen LogP contribution in [0.15, 0.2) is 0 Å². The second kappa shape index (κ2) is 4.50. The molecule has 1 atom stereocenters. The van der Waals surface area contributed by atoms with Crippen molar-refractivity contribution in [2.75, 3.05) is 6.54 Å². The van der Waals surface area contributed by atoms with Crippen molar-refractivity contribution in [1.29, 1.82) is 0 Å². The zero-order chi connectivity index (χ0) is 9.84. The summed E-state index contributed by atoms with van der Waals surface area (Å²) in [6, 6.07) is -0.252. The van der Waals surface area contributed by atoms with Gasteiger partial charge in [-0.3, -0.25) is 4.79 Å². The number of carbonyl (C=O) groups excluding carboxylic acids is 1.